The maximum atomic E-state index is 10.9. The van der Waals surface area contributed by atoms with E-state index in [0.717, 1.165) is 0 Å². The van der Waals surface area contributed by atoms with E-state index in [2.05, 4.69) is 0 Å². The van der Waals surface area contributed by atoms with Crippen LogP contribution in [0, 0.1) is 15.5 Å². The number of hydrogen-bond donors (Lipinski definition) is 1. The van der Waals surface area contributed by atoms with Crippen molar-refractivity contribution in [1.82, 2.24) is 0 Å². The van der Waals surface area contributed by atoms with Crippen molar-refractivity contribution in [3.05, 3.63) is 34.4 Å². The van der Waals surface area contributed by atoms with Crippen LogP contribution in [0.2, 0.25) is 0 Å². The molecule has 19 heavy (non-hydrogen) atoms. The van der Waals surface area contributed by atoms with Gasteiger partial charge in [-0.1, -0.05) is 33.7 Å². The average molecular weight is 301 g/mol. The van der Waals surface area contributed by atoms with E-state index in [-0.39, 0.29) is 5.69 Å². The van der Waals surface area contributed by atoms with Crippen LogP contribution in [0.25, 0.3) is 0 Å². The Morgan fingerprint density at radius 3 is 2.63 bits per heavy atom. The highest BCUT2D eigenvalue weighted by Gasteiger charge is 2.26. The van der Waals surface area contributed by atoms with E-state index >= 15 is 0 Å². The van der Waals surface area contributed by atoms with E-state index in [9.17, 15) is 14.9 Å². The van der Waals surface area contributed by atoms with Gasteiger partial charge < -0.3 is 5.11 Å². The molecular formula is C12H15NO4S2. The van der Waals surface area contributed by atoms with Crippen LogP contribution in [0.15, 0.2) is 29.2 Å². The minimum Gasteiger partial charge on any atom is -0.481 e. The molecule has 7 heteroatoms. The van der Waals surface area contributed by atoms with Crippen molar-refractivity contribution in [1.29, 1.82) is 0 Å². The smallest absolute Gasteiger partial charge is 0.309 e. The number of carbonyl (C=O) groups is 1. The number of carboxylic acids is 1. The Bertz CT molecular complexity index is 477. The summed E-state index contributed by atoms with van der Waals surface area (Å²) in [7, 11) is 2.74. The molecule has 0 bridgehead atoms. The topological polar surface area (TPSA) is 80.4 Å². The minimum absolute atomic E-state index is 0.0810. The maximum absolute atomic E-state index is 10.9. The number of carboxylic acid groups (broad SMARTS) is 1. The van der Waals surface area contributed by atoms with Gasteiger partial charge in [0.1, 0.15) is 0 Å². The Balaban J connectivity index is 2.51. The highest BCUT2D eigenvalue weighted by atomic mass is 33.1. The fourth-order valence-corrected chi connectivity index (χ4v) is 3.66. The largest absolute Gasteiger partial charge is 0.481 e. The Hall–Kier alpha value is -1.21. The third-order valence-corrected chi connectivity index (χ3v) is 5.01. The van der Waals surface area contributed by atoms with Crippen LogP contribution >= 0.6 is 21.6 Å². The molecule has 0 unspecified atom stereocenters. The summed E-state index contributed by atoms with van der Waals surface area (Å²) < 4.78 is 0. The molecule has 0 amide bonds. The van der Waals surface area contributed by atoms with Gasteiger partial charge in [0.05, 0.1) is 15.2 Å². The zero-order valence-electron chi connectivity index (χ0n) is 10.7. The van der Waals surface area contributed by atoms with E-state index < -0.39 is 16.3 Å². The molecule has 0 aromatic heterocycles. The third kappa shape index (κ3) is 4.76. The molecule has 1 N–H and O–H groups in total. The molecule has 1 rings (SSSR count). The molecule has 0 saturated heterocycles. The molecule has 0 aliphatic heterocycles. The zero-order chi connectivity index (χ0) is 14.5. The average Bonchev–Trinajstić information content (AvgIpc) is 2.34. The van der Waals surface area contributed by atoms with Crippen LogP contribution in [0.3, 0.4) is 0 Å². The standard InChI is InChI=1S/C12H15NO4S2/c1-12(2,11(14)15)7-8-18-19-10-6-4-3-5-9(10)13(16)17/h3-6H,7-8H2,1-2H3,(H,14,15). The first kappa shape index (κ1) is 15.8. The maximum Gasteiger partial charge on any atom is 0.309 e. The van der Waals surface area contributed by atoms with Gasteiger partial charge in [-0.3, -0.25) is 14.9 Å². The number of nitro groups is 1. The molecule has 1 aromatic carbocycles. The van der Waals surface area contributed by atoms with Gasteiger partial charge in [0.2, 0.25) is 0 Å². The second-order valence-corrected chi connectivity index (χ2v) is 7.03. The van der Waals surface area contributed by atoms with E-state index in [1.165, 1.54) is 27.7 Å². The summed E-state index contributed by atoms with van der Waals surface area (Å²) in [5.74, 6) is -0.209. The van der Waals surface area contributed by atoms with E-state index in [4.69, 9.17) is 5.11 Å². The molecule has 0 saturated carbocycles. The SMILES string of the molecule is CC(C)(CCSSc1ccccc1[N+](=O)[O-])C(=O)O. The van der Waals surface area contributed by atoms with Crippen LogP contribution in [0.4, 0.5) is 5.69 Å². The number of benzene rings is 1. The quantitative estimate of drug-likeness (QED) is 0.357. The summed E-state index contributed by atoms with van der Waals surface area (Å²) in [6.07, 6.45) is 0.515. The number of hydrogen-bond acceptors (Lipinski definition) is 5. The van der Waals surface area contributed by atoms with Gasteiger partial charge in [-0.2, -0.15) is 0 Å². The lowest BCUT2D eigenvalue weighted by Gasteiger charge is -2.17. The van der Waals surface area contributed by atoms with Gasteiger partial charge in [0.15, 0.2) is 0 Å². The second kappa shape index (κ2) is 6.81. The van der Waals surface area contributed by atoms with Gasteiger partial charge in [0.25, 0.3) is 5.69 Å². The Morgan fingerprint density at radius 1 is 1.42 bits per heavy atom. The molecule has 1 aromatic rings. The van der Waals surface area contributed by atoms with Crippen molar-refractivity contribution in [2.24, 2.45) is 5.41 Å². The molecule has 5 nitrogen and oxygen atoms in total. The number of nitrogens with zero attached hydrogens (tertiary/aromatic N) is 1. The third-order valence-electron chi connectivity index (χ3n) is 2.60. The molecule has 0 spiro atoms. The van der Waals surface area contributed by atoms with Gasteiger partial charge in [-0.05, 0) is 26.3 Å². The number of rotatable bonds is 7. The Kier molecular flexibility index (Phi) is 5.68. The molecule has 0 heterocycles. The number of para-hydroxylation sites is 1. The highest BCUT2D eigenvalue weighted by molar-refractivity contribution is 8.76. The highest BCUT2D eigenvalue weighted by Crippen LogP contribution is 2.38. The minimum atomic E-state index is -0.830. The summed E-state index contributed by atoms with van der Waals surface area (Å²) in [6.45, 7) is 3.34. The fraction of sp³-hybridized carbons (Fsp3) is 0.417. The summed E-state index contributed by atoms with van der Waals surface area (Å²) in [6, 6.07) is 6.53. The van der Waals surface area contributed by atoms with E-state index in [0.29, 0.717) is 17.1 Å². The van der Waals surface area contributed by atoms with E-state index in [1.54, 1.807) is 32.0 Å². The molecule has 0 atom stereocenters. The van der Waals surface area contributed by atoms with Gasteiger partial charge in [-0.15, -0.1) is 0 Å². The van der Waals surface area contributed by atoms with E-state index in [1.807, 2.05) is 0 Å². The van der Waals surface area contributed by atoms with Crippen LogP contribution in [-0.2, 0) is 4.79 Å². The first-order valence-corrected chi connectivity index (χ1v) is 7.93. The monoisotopic (exact) mass is 301 g/mol. The van der Waals surface area contributed by atoms with Crippen LogP contribution in [-0.4, -0.2) is 21.8 Å². The van der Waals surface area contributed by atoms with Crippen LogP contribution < -0.4 is 0 Å². The summed E-state index contributed by atoms with van der Waals surface area (Å²) >= 11 is 0. The number of nitro benzene ring substituents is 1. The second-order valence-electron chi connectivity index (χ2n) is 4.57. The van der Waals surface area contributed by atoms with Crippen molar-refractivity contribution >= 4 is 33.2 Å². The van der Waals surface area contributed by atoms with Crippen molar-refractivity contribution in [3.63, 3.8) is 0 Å². The predicted octanol–water partition coefficient (Wildman–Crippen LogP) is 3.84. The normalized spacial score (nSPS) is 11.3. The van der Waals surface area contributed by atoms with Crippen molar-refractivity contribution in [3.8, 4) is 0 Å². The lowest BCUT2D eigenvalue weighted by atomic mass is 9.91. The zero-order valence-corrected chi connectivity index (χ0v) is 12.3. The first-order chi connectivity index (χ1) is 8.84. The molecule has 0 radical (unpaired) electrons. The van der Waals surface area contributed by atoms with Gasteiger partial charge in [-0.25, -0.2) is 0 Å². The molecule has 0 fully saturated rings. The summed E-state index contributed by atoms with van der Waals surface area (Å²) in [5.41, 5.74) is -0.687. The first-order valence-electron chi connectivity index (χ1n) is 5.61. The lowest BCUT2D eigenvalue weighted by Crippen LogP contribution is -2.24. The molecule has 104 valence electrons. The van der Waals surface area contributed by atoms with Crippen molar-refractivity contribution in [2.75, 3.05) is 5.75 Å². The Labute approximate surface area is 119 Å². The predicted molar refractivity (Wildman–Crippen MR) is 77.4 cm³/mol. The molecule has 0 aliphatic rings. The molecular weight excluding hydrogens is 286 g/mol. The van der Waals surface area contributed by atoms with Crippen molar-refractivity contribution < 1.29 is 14.8 Å². The van der Waals surface area contributed by atoms with Crippen LogP contribution in [0.5, 0.6) is 0 Å². The van der Waals surface area contributed by atoms with Crippen LogP contribution in [0.1, 0.15) is 20.3 Å². The summed E-state index contributed by atoms with van der Waals surface area (Å²) in [4.78, 5) is 21.9. The lowest BCUT2D eigenvalue weighted by molar-refractivity contribution is -0.387. The van der Waals surface area contributed by atoms with Gasteiger partial charge in [0, 0.05) is 11.8 Å². The molecule has 0 aliphatic carbocycles. The van der Waals surface area contributed by atoms with Crippen molar-refractivity contribution in [2.45, 2.75) is 25.2 Å². The van der Waals surface area contributed by atoms with Gasteiger partial charge >= 0.3 is 5.97 Å². The fourth-order valence-electron chi connectivity index (χ4n) is 1.19. The Morgan fingerprint density at radius 2 is 2.05 bits per heavy atom. The number of aliphatic carboxylic acids is 1. The summed E-state index contributed by atoms with van der Waals surface area (Å²) in [5, 5.41) is 19.8.